The lowest BCUT2D eigenvalue weighted by molar-refractivity contribution is -0.137. The Morgan fingerprint density at radius 1 is 1.47 bits per heavy atom. The second-order valence-electron chi connectivity index (χ2n) is 3.61. The Balaban J connectivity index is 2.88. The number of aryl methyl sites for hydroxylation is 1. The number of ether oxygens (including phenoxy) is 1. The largest absolute Gasteiger partial charge is 0.481 e. The summed E-state index contributed by atoms with van der Waals surface area (Å²) in [6.45, 7) is 2.43. The zero-order valence-corrected chi connectivity index (χ0v) is 9.06. The first kappa shape index (κ1) is 11.7. The van der Waals surface area contributed by atoms with Gasteiger partial charge in [0, 0.05) is 13.0 Å². The van der Waals surface area contributed by atoms with Crippen molar-refractivity contribution in [1.29, 1.82) is 0 Å². The predicted molar refractivity (Wildman–Crippen MR) is 58.0 cm³/mol. The minimum absolute atomic E-state index is 0.0614. The molecule has 0 fully saturated rings. The lowest BCUT2D eigenvalue weighted by Crippen LogP contribution is -2.12. The van der Waals surface area contributed by atoms with Crippen molar-refractivity contribution < 1.29 is 14.6 Å². The monoisotopic (exact) mass is 208 g/mol. The molecule has 82 valence electrons. The quantitative estimate of drug-likeness (QED) is 0.806. The first-order chi connectivity index (χ1) is 7.15. The van der Waals surface area contributed by atoms with Crippen LogP contribution in [-0.2, 0) is 9.53 Å². The molecule has 3 heteroatoms. The molecular weight excluding hydrogens is 192 g/mol. The van der Waals surface area contributed by atoms with E-state index in [4.69, 9.17) is 9.84 Å². The number of carboxylic acids is 1. The molecular formula is C12H16O3. The molecule has 0 amide bonds. The van der Waals surface area contributed by atoms with Crippen LogP contribution in [0, 0.1) is 6.92 Å². The number of hydrogen-bond acceptors (Lipinski definition) is 2. The molecule has 1 rings (SSSR count). The van der Waals surface area contributed by atoms with Crippen LogP contribution in [0.4, 0.5) is 0 Å². The molecule has 0 aliphatic carbocycles. The summed E-state index contributed by atoms with van der Waals surface area (Å²) in [5, 5.41) is 8.81. The smallest absolute Gasteiger partial charge is 0.304 e. The van der Waals surface area contributed by atoms with Crippen LogP contribution in [0.5, 0.6) is 0 Å². The van der Waals surface area contributed by atoms with Crippen molar-refractivity contribution in [3.8, 4) is 0 Å². The molecule has 1 N–H and O–H groups in total. The number of methoxy groups -OCH3 is 1. The highest BCUT2D eigenvalue weighted by Crippen LogP contribution is 2.23. The third kappa shape index (κ3) is 3.36. The van der Waals surface area contributed by atoms with Gasteiger partial charge in [0.2, 0.25) is 0 Å². The predicted octanol–water partition coefficient (Wildman–Crippen LogP) is 2.20. The van der Waals surface area contributed by atoms with Gasteiger partial charge in [0.05, 0.1) is 13.0 Å². The van der Waals surface area contributed by atoms with Gasteiger partial charge in [-0.3, -0.25) is 4.79 Å². The van der Waals surface area contributed by atoms with E-state index in [1.807, 2.05) is 31.2 Å². The van der Waals surface area contributed by atoms with E-state index in [9.17, 15) is 4.79 Å². The van der Waals surface area contributed by atoms with E-state index in [1.165, 1.54) is 0 Å². The summed E-state index contributed by atoms with van der Waals surface area (Å²) in [5.74, 6) is -0.853. The standard InChI is InChI=1S/C12H16O3/c1-9-5-3-4-6-11(9)10(8-15-2)7-12(13)14/h3-6,10H,7-8H2,1-2H3,(H,13,14). The van der Waals surface area contributed by atoms with Gasteiger partial charge in [0.1, 0.15) is 0 Å². The zero-order chi connectivity index (χ0) is 11.3. The highest BCUT2D eigenvalue weighted by Gasteiger charge is 2.16. The lowest BCUT2D eigenvalue weighted by Gasteiger charge is -2.16. The molecule has 0 aliphatic rings. The van der Waals surface area contributed by atoms with E-state index in [-0.39, 0.29) is 12.3 Å². The van der Waals surface area contributed by atoms with Crippen LogP contribution in [-0.4, -0.2) is 24.8 Å². The topological polar surface area (TPSA) is 46.5 Å². The Bertz CT molecular complexity index is 333. The summed E-state index contributed by atoms with van der Waals surface area (Å²) in [4.78, 5) is 10.7. The molecule has 0 spiro atoms. The minimum atomic E-state index is -0.791. The number of hydrogen-bond donors (Lipinski definition) is 1. The van der Waals surface area contributed by atoms with Crippen LogP contribution < -0.4 is 0 Å². The molecule has 3 nitrogen and oxygen atoms in total. The molecule has 0 saturated carbocycles. The number of aliphatic carboxylic acids is 1. The molecule has 1 atom stereocenters. The van der Waals surface area contributed by atoms with Crippen LogP contribution in [0.1, 0.15) is 23.5 Å². The van der Waals surface area contributed by atoms with Gasteiger partial charge in [-0.1, -0.05) is 24.3 Å². The summed E-state index contributed by atoms with van der Waals surface area (Å²) >= 11 is 0. The SMILES string of the molecule is COCC(CC(=O)O)c1ccccc1C. The number of carboxylic acid groups (broad SMARTS) is 1. The molecule has 1 unspecified atom stereocenters. The van der Waals surface area contributed by atoms with Gasteiger partial charge in [-0.25, -0.2) is 0 Å². The zero-order valence-electron chi connectivity index (χ0n) is 9.06. The first-order valence-electron chi connectivity index (χ1n) is 4.91. The van der Waals surface area contributed by atoms with E-state index < -0.39 is 5.97 Å². The van der Waals surface area contributed by atoms with Crippen LogP contribution in [0.2, 0.25) is 0 Å². The Morgan fingerprint density at radius 2 is 2.13 bits per heavy atom. The highest BCUT2D eigenvalue weighted by atomic mass is 16.5. The maximum Gasteiger partial charge on any atom is 0.304 e. The maximum atomic E-state index is 10.7. The molecule has 1 aromatic carbocycles. The Kier molecular flexibility index (Phi) is 4.31. The second kappa shape index (κ2) is 5.51. The van der Waals surface area contributed by atoms with E-state index in [1.54, 1.807) is 7.11 Å². The molecule has 0 heterocycles. The Morgan fingerprint density at radius 3 is 2.67 bits per heavy atom. The molecule has 0 aliphatic heterocycles. The maximum absolute atomic E-state index is 10.7. The highest BCUT2D eigenvalue weighted by molar-refractivity contribution is 5.68. The van der Waals surface area contributed by atoms with Crippen LogP contribution >= 0.6 is 0 Å². The van der Waals surface area contributed by atoms with E-state index in [2.05, 4.69) is 0 Å². The summed E-state index contributed by atoms with van der Waals surface area (Å²) in [7, 11) is 1.59. The number of carbonyl (C=O) groups is 1. The number of benzene rings is 1. The first-order valence-corrected chi connectivity index (χ1v) is 4.91. The van der Waals surface area contributed by atoms with Crippen molar-refractivity contribution in [2.45, 2.75) is 19.3 Å². The molecule has 0 saturated heterocycles. The molecule has 0 bridgehead atoms. The molecule has 0 aromatic heterocycles. The van der Waals surface area contributed by atoms with Gasteiger partial charge in [-0.2, -0.15) is 0 Å². The van der Waals surface area contributed by atoms with Crippen molar-refractivity contribution in [3.63, 3.8) is 0 Å². The fourth-order valence-electron chi connectivity index (χ4n) is 1.72. The van der Waals surface area contributed by atoms with Gasteiger partial charge >= 0.3 is 5.97 Å². The van der Waals surface area contributed by atoms with Crippen LogP contribution in [0.25, 0.3) is 0 Å². The van der Waals surface area contributed by atoms with Gasteiger partial charge in [-0.15, -0.1) is 0 Å². The molecule has 0 radical (unpaired) electrons. The summed E-state index contributed by atoms with van der Waals surface area (Å²) in [6, 6.07) is 7.82. The van der Waals surface area contributed by atoms with Gasteiger partial charge < -0.3 is 9.84 Å². The molecule has 1 aromatic rings. The average molecular weight is 208 g/mol. The minimum Gasteiger partial charge on any atom is -0.481 e. The van der Waals surface area contributed by atoms with Gasteiger partial charge in [0.15, 0.2) is 0 Å². The lowest BCUT2D eigenvalue weighted by atomic mass is 9.93. The van der Waals surface area contributed by atoms with E-state index >= 15 is 0 Å². The third-order valence-electron chi connectivity index (χ3n) is 2.42. The van der Waals surface area contributed by atoms with Crippen LogP contribution in [0.3, 0.4) is 0 Å². The number of rotatable bonds is 5. The molecule has 15 heavy (non-hydrogen) atoms. The fraction of sp³-hybridized carbons (Fsp3) is 0.417. The van der Waals surface area contributed by atoms with Crippen molar-refractivity contribution in [3.05, 3.63) is 35.4 Å². The Hall–Kier alpha value is -1.35. The van der Waals surface area contributed by atoms with E-state index in [0.717, 1.165) is 11.1 Å². The average Bonchev–Trinajstić information content (AvgIpc) is 2.17. The second-order valence-corrected chi connectivity index (χ2v) is 3.61. The van der Waals surface area contributed by atoms with Crippen LogP contribution in [0.15, 0.2) is 24.3 Å². The summed E-state index contributed by atoms with van der Waals surface area (Å²) in [5.41, 5.74) is 2.17. The van der Waals surface area contributed by atoms with Crippen molar-refractivity contribution in [2.24, 2.45) is 0 Å². The van der Waals surface area contributed by atoms with Crippen molar-refractivity contribution >= 4 is 5.97 Å². The summed E-state index contributed by atoms with van der Waals surface area (Å²) in [6.07, 6.45) is 0.110. The van der Waals surface area contributed by atoms with E-state index in [0.29, 0.717) is 6.61 Å². The van der Waals surface area contributed by atoms with Gasteiger partial charge in [0.25, 0.3) is 0 Å². The third-order valence-corrected chi connectivity index (χ3v) is 2.42. The normalized spacial score (nSPS) is 12.4. The van der Waals surface area contributed by atoms with Crippen molar-refractivity contribution in [2.75, 3.05) is 13.7 Å². The summed E-state index contributed by atoms with van der Waals surface area (Å²) < 4.78 is 5.05. The Labute approximate surface area is 89.7 Å². The fourth-order valence-corrected chi connectivity index (χ4v) is 1.72. The van der Waals surface area contributed by atoms with Crippen molar-refractivity contribution in [1.82, 2.24) is 0 Å². The van der Waals surface area contributed by atoms with Gasteiger partial charge in [-0.05, 0) is 18.1 Å².